The first-order chi connectivity index (χ1) is 15.6. The van der Waals surface area contributed by atoms with Crippen LogP contribution in [-0.4, -0.2) is 45.5 Å². The van der Waals surface area contributed by atoms with Crippen molar-refractivity contribution in [3.8, 4) is 45.4 Å². The normalized spacial score (nSPS) is 10.4. The van der Waals surface area contributed by atoms with Gasteiger partial charge in [-0.25, -0.2) is 4.79 Å². The minimum absolute atomic E-state index is 0.341. The summed E-state index contributed by atoms with van der Waals surface area (Å²) >= 11 is 1.33. The lowest BCUT2D eigenvalue weighted by Crippen LogP contribution is -2.14. The highest BCUT2D eigenvalue weighted by molar-refractivity contribution is 7.04. The van der Waals surface area contributed by atoms with E-state index < -0.39 is 6.09 Å². The molecule has 0 atom stereocenters. The van der Waals surface area contributed by atoms with E-state index in [9.17, 15) is 4.79 Å². The van der Waals surface area contributed by atoms with Gasteiger partial charge in [0, 0.05) is 16.5 Å². The molecule has 0 spiro atoms. The molecule has 0 saturated heterocycles. The van der Waals surface area contributed by atoms with Gasteiger partial charge in [0.15, 0.2) is 11.5 Å². The number of amides is 1. The molecule has 1 N–H and O–H groups in total. The fraction of sp³-hybridized carbons (Fsp3) is 0.304. The van der Waals surface area contributed by atoms with Crippen molar-refractivity contribution >= 4 is 23.3 Å². The number of anilines is 1. The lowest BCUT2D eigenvalue weighted by Gasteiger charge is -2.15. The van der Waals surface area contributed by atoms with Gasteiger partial charge in [-0.05, 0) is 47.8 Å². The molecule has 8 nitrogen and oxygen atoms in total. The van der Waals surface area contributed by atoms with E-state index in [4.69, 9.17) is 23.7 Å². The van der Waals surface area contributed by atoms with Crippen molar-refractivity contribution < 1.29 is 28.5 Å². The van der Waals surface area contributed by atoms with Crippen LogP contribution in [0.2, 0.25) is 0 Å². The summed E-state index contributed by atoms with van der Waals surface area (Å²) in [5.74, 6) is 2.12. The van der Waals surface area contributed by atoms with Crippen LogP contribution in [0, 0.1) is 0 Å². The molecule has 0 fully saturated rings. The van der Waals surface area contributed by atoms with Gasteiger partial charge in [-0.15, -0.1) is 0 Å². The van der Waals surface area contributed by atoms with Crippen molar-refractivity contribution in [2.24, 2.45) is 0 Å². The largest absolute Gasteiger partial charge is 0.495 e. The van der Waals surface area contributed by atoms with Gasteiger partial charge in [0.2, 0.25) is 5.75 Å². The minimum Gasteiger partial charge on any atom is -0.495 e. The summed E-state index contributed by atoms with van der Waals surface area (Å²) in [6.07, 6.45) is 0.208. The molecule has 170 valence electrons. The van der Waals surface area contributed by atoms with Crippen LogP contribution in [-0.2, 0) is 4.74 Å². The fourth-order valence-corrected chi connectivity index (χ4v) is 3.90. The van der Waals surface area contributed by atoms with Crippen molar-refractivity contribution in [1.29, 1.82) is 0 Å². The second-order valence-electron chi connectivity index (χ2n) is 6.67. The molecular weight excluding hydrogens is 432 g/mol. The Bertz CT molecular complexity index is 1060. The highest BCUT2D eigenvalue weighted by Gasteiger charge is 2.19. The van der Waals surface area contributed by atoms with Crippen molar-refractivity contribution in [1.82, 2.24) is 4.37 Å². The highest BCUT2D eigenvalue weighted by Crippen LogP contribution is 2.44. The second kappa shape index (κ2) is 10.7. The number of carbonyl (C=O) groups excluding carboxylic acids is 1. The van der Waals surface area contributed by atoms with Gasteiger partial charge < -0.3 is 23.7 Å². The Morgan fingerprint density at radius 3 is 2.22 bits per heavy atom. The van der Waals surface area contributed by atoms with Gasteiger partial charge in [-0.1, -0.05) is 13.0 Å². The van der Waals surface area contributed by atoms with Crippen LogP contribution in [0.3, 0.4) is 0 Å². The molecular formula is C23H26N2O6S. The van der Waals surface area contributed by atoms with E-state index in [1.54, 1.807) is 34.5 Å². The molecule has 0 aliphatic heterocycles. The van der Waals surface area contributed by atoms with Crippen LogP contribution in [0.25, 0.3) is 22.4 Å². The Labute approximate surface area is 191 Å². The Morgan fingerprint density at radius 2 is 1.62 bits per heavy atom. The molecule has 3 rings (SSSR count). The fourth-order valence-electron chi connectivity index (χ4n) is 3.18. The molecule has 9 heteroatoms. The zero-order valence-electron chi connectivity index (χ0n) is 18.7. The topological polar surface area (TPSA) is 88.1 Å². The van der Waals surface area contributed by atoms with E-state index in [2.05, 4.69) is 9.69 Å². The van der Waals surface area contributed by atoms with Gasteiger partial charge in [0.05, 0.1) is 46.4 Å². The average molecular weight is 459 g/mol. The number of methoxy groups -OCH3 is 4. The van der Waals surface area contributed by atoms with E-state index in [1.165, 1.54) is 11.5 Å². The Kier molecular flexibility index (Phi) is 7.77. The van der Waals surface area contributed by atoms with Gasteiger partial charge in [0.25, 0.3) is 0 Å². The Morgan fingerprint density at radius 1 is 0.938 bits per heavy atom. The summed E-state index contributed by atoms with van der Waals surface area (Å²) in [4.78, 5) is 12.1. The smallest absolute Gasteiger partial charge is 0.411 e. The van der Waals surface area contributed by atoms with Gasteiger partial charge in [-0.3, -0.25) is 5.32 Å². The zero-order chi connectivity index (χ0) is 23.1. The quantitative estimate of drug-likeness (QED) is 0.455. The lowest BCUT2D eigenvalue weighted by molar-refractivity contribution is 0.161. The summed E-state index contributed by atoms with van der Waals surface area (Å²) in [6.45, 7) is 2.27. The van der Waals surface area contributed by atoms with Crippen molar-refractivity contribution in [2.45, 2.75) is 13.3 Å². The maximum Gasteiger partial charge on any atom is 0.411 e. The molecule has 1 amide bonds. The van der Waals surface area contributed by atoms with Crippen LogP contribution in [0.4, 0.5) is 10.5 Å². The minimum atomic E-state index is -0.532. The van der Waals surface area contributed by atoms with Crippen LogP contribution in [0.1, 0.15) is 13.3 Å². The van der Waals surface area contributed by atoms with Crippen molar-refractivity contribution in [3.05, 3.63) is 35.7 Å². The number of ether oxygens (including phenoxy) is 5. The standard InChI is InChI=1S/C23H26N2O6S/c1-6-9-31-23(26)24-17-10-14(7-8-18(17)27-2)16-13-32-25-21(16)15-11-19(28-3)22(30-5)20(12-15)29-4/h7-8,10-13H,6,9H2,1-5H3,(H,24,26). The number of aromatic nitrogens is 1. The number of hydrogen-bond acceptors (Lipinski definition) is 8. The monoisotopic (exact) mass is 458 g/mol. The average Bonchev–Trinajstić information content (AvgIpc) is 3.31. The Hall–Kier alpha value is -3.46. The van der Waals surface area contributed by atoms with E-state index in [0.29, 0.717) is 35.3 Å². The molecule has 0 aliphatic carbocycles. The predicted molar refractivity (Wildman–Crippen MR) is 124 cm³/mol. The number of hydrogen-bond donors (Lipinski definition) is 1. The summed E-state index contributed by atoms with van der Waals surface area (Å²) in [7, 11) is 6.25. The SMILES string of the molecule is CCCOC(=O)Nc1cc(-c2csnc2-c2cc(OC)c(OC)c(OC)c2)ccc1OC. The molecule has 0 saturated carbocycles. The number of carbonyl (C=O) groups is 1. The number of rotatable bonds is 9. The van der Waals surface area contributed by atoms with E-state index in [-0.39, 0.29) is 0 Å². The third kappa shape index (κ3) is 4.88. The van der Waals surface area contributed by atoms with Gasteiger partial charge >= 0.3 is 6.09 Å². The van der Waals surface area contributed by atoms with Crippen LogP contribution in [0.15, 0.2) is 35.7 Å². The first-order valence-electron chi connectivity index (χ1n) is 9.93. The van der Waals surface area contributed by atoms with Crippen LogP contribution >= 0.6 is 11.5 Å². The van der Waals surface area contributed by atoms with Crippen molar-refractivity contribution in [3.63, 3.8) is 0 Å². The molecule has 1 aromatic heterocycles. The molecule has 0 radical (unpaired) electrons. The molecule has 1 heterocycles. The maximum atomic E-state index is 12.1. The number of nitrogens with zero attached hydrogens (tertiary/aromatic N) is 1. The molecule has 0 bridgehead atoms. The van der Waals surface area contributed by atoms with Gasteiger partial charge in [-0.2, -0.15) is 4.37 Å². The van der Waals surface area contributed by atoms with Gasteiger partial charge in [0.1, 0.15) is 5.75 Å². The zero-order valence-corrected chi connectivity index (χ0v) is 19.5. The summed E-state index contributed by atoms with van der Waals surface area (Å²) < 4.78 is 31.5. The Balaban J connectivity index is 2.03. The van der Waals surface area contributed by atoms with E-state index in [0.717, 1.165) is 28.8 Å². The van der Waals surface area contributed by atoms with Crippen molar-refractivity contribution in [2.75, 3.05) is 40.4 Å². The third-order valence-electron chi connectivity index (χ3n) is 4.69. The molecule has 3 aromatic rings. The third-order valence-corrected chi connectivity index (χ3v) is 5.32. The second-order valence-corrected chi connectivity index (χ2v) is 7.30. The molecule has 2 aromatic carbocycles. The van der Waals surface area contributed by atoms with E-state index >= 15 is 0 Å². The molecule has 0 aliphatic rings. The highest BCUT2D eigenvalue weighted by atomic mass is 32.1. The van der Waals surface area contributed by atoms with Crippen LogP contribution < -0.4 is 24.3 Å². The van der Waals surface area contributed by atoms with E-state index in [1.807, 2.05) is 36.6 Å². The number of nitrogens with one attached hydrogen (secondary N) is 1. The maximum absolute atomic E-state index is 12.1. The molecule has 32 heavy (non-hydrogen) atoms. The first-order valence-corrected chi connectivity index (χ1v) is 10.8. The summed E-state index contributed by atoms with van der Waals surface area (Å²) in [5, 5.41) is 4.69. The molecule has 0 unspecified atom stereocenters. The predicted octanol–water partition coefficient (Wildman–Crippen LogP) is 5.47. The summed E-state index contributed by atoms with van der Waals surface area (Å²) in [6, 6.07) is 9.24. The summed E-state index contributed by atoms with van der Waals surface area (Å²) in [5.41, 5.74) is 3.81. The lowest BCUT2D eigenvalue weighted by atomic mass is 10.0. The number of benzene rings is 2. The first kappa shape index (κ1) is 23.2. The van der Waals surface area contributed by atoms with Crippen LogP contribution in [0.5, 0.6) is 23.0 Å².